The van der Waals surface area contributed by atoms with E-state index >= 15 is 0 Å². The zero-order chi connectivity index (χ0) is 12.8. The molecule has 1 aliphatic heterocycles. The number of carbonyl (C=O) groups excluding carboxylic acids is 1. The van der Waals surface area contributed by atoms with E-state index in [2.05, 4.69) is 5.32 Å². The molecule has 0 radical (unpaired) electrons. The molecule has 0 saturated carbocycles. The SMILES string of the molecule is COc1ccc(CCNC(=O)C2CCCS2)cc1. The summed E-state index contributed by atoms with van der Waals surface area (Å²) in [4.78, 5) is 11.8. The molecule has 1 atom stereocenters. The average Bonchev–Trinajstić information content (AvgIpc) is 2.93. The Morgan fingerprint density at radius 1 is 1.44 bits per heavy atom. The topological polar surface area (TPSA) is 38.3 Å². The van der Waals surface area contributed by atoms with Crippen LogP contribution in [-0.4, -0.2) is 30.6 Å². The molecule has 18 heavy (non-hydrogen) atoms. The highest BCUT2D eigenvalue weighted by molar-refractivity contribution is 8.00. The Hall–Kier alpha value is -1.16. The van der Waals surface area contributed by atoms with Crippen molar-refractivity contribution in [2.45, 2.75) is 24.5 Å². The third-order valence-corrected chi connectivity index (χ3v) is 4.47. The lowest BCUT2D eigenvalue weighted by molar-refractivity contribution is -0.120. The van der Waals surface area contributed by atoms with Crippen LogP contribution < -0.4 is 10.1 Å². The van der Waals surface area contributed by atoms with E-state index in [0.29, 0.717) is 6.54 Å². The molecule has 1 aromatic carbocycles. The van der Waals surface area contributed by atoms with Crippen LogP contribution in [0.3, 0.4) is 0 Å². The Balaban J connectivity index is 1.72. The van der Waals surface area contributed by atoms with E-state index in [-0.39, 0.29) is 11.2 Å². The Morgan fingerprint density at radius 2 is 2.22 bits per heavy atom. The van der Waals surface area contributed by atoms with Gasteiger partial charge in [-0.2, -0.15) is 0 Å². The first-order valence-corrected chi connectivity index (χ1v) is 7.37. The first-order valence-electron chi connectivity index (χ1n) is 6.32. The van der Waals surface area contributed by atoms with E-state index in [1.54, 1.807) is 18.9 Å². The summed E-state index contributed by atoms with van der Waals surface area (Å²) >= 11 is 1.77. The highest BCUT2D eigenvalue weighted by Crippen LogP contribution is 2.25. The van der Waals surface area contributed by atoms with Crippen molar-refractivity contribution in [2.24, 2.45) is 0 Å². The number of amides is 1. The first-order chi connectivity index (χ1) is 8.79. The van der Waals surface area contributed by atoms with Gasteiger partial charge >= 0.3 is 0 Å². The molecule has 98 valence electrons. The normalized spacial score (nSPS) is 18.6. The van der Waals surface area contributed by atoms with Crippen LogP contribution in [0.1, 0.15) is 18.4 Å². The van der Waals surface area contributed by atoms with Gasteiger partial charge in [0.2, 0.25) is 5.91 Å². The van der Waals surface area contributed by atoms with Crippen LogP contribution in [0.2, 0.25) is 0 Å². The second-order valence-corrected chi connectivity index (χ2v) is 5.70. The second-order valence-electron chi connectivity index (χ2n) is 4.39. The maximum absolute atomic E-state index is 11.8. The van der Waals surface area contributed by atoms with E-state index in [1.165, 1.54) is 12.0 Å². The van der Waals surface area contributed by atoms with E-state index < -0.39 is 0 Å². The van der Waals surface area contributed by atoms with Crippen molar-refractivity contribution < 1.29 is 9.53 Å². The lowest BCUT2D eigenvalue weighted by atomic mass is 10.1. The number of benzene rings is 1. The fourth-order valence-corrected chi connectivity index (χ4v) is 3.21. The van der Waals surface area contributed by atoms with Crippen molar-refractivity contribution >= 4 is 17.7 Å². The van der Waals surface area contributed by atoms with Crippen LogP contribution >= 0.6 is 11.8 Å². The highest BCUT2D eigenvalue weighted by Gasteiger charge is 2.22. The molecule has 0 spiro atoms. The van der Waals surface area contributed by atoms with E-state index in [1.807, 2.05) is 24.3 Å². The first kappa shape index (κ1) is 13.3. The van der Waals surface area contributed by atoms with Crippen molar-refractivity contribution in [1.82, 2.24) is 5.32 Å². The van der Waals surface area contributed by atoms with E-state index in [0.717, 1.165) is 24.3 Å². The molecule has 1 fully saturated rings. The molecule has 0 aromatic heterocycles. The molecule has 0 bridgehead atoms. The number of hydrogen-bond acceptors (Lipinski definition) is 3. The smallest absolute Gasteiger partial charge is 0.233 e. The van der Waals surface area contributed by atoms with Gasteiger partial charge in [0.25, 0.3) is 0 Å². The van der Waals surface area contributed by atoms with Crippen LogP contribution in [0.15, 0.2) is 24.3 Å². The second kappa shape index (κ2) is 6.69. The monoisotopic (exact) mass is 265 g/mol. The summed E-state index contributed by atoms with van der Waals surface area (Å²) in [6, 6.07) is 7.97. The van der Waals surface area contributed by atoms with Gasteiger partial charge in [-0.25, -0.2) is 0 Å². The fraction of sp³-hybridized carbons (Fsp3) is 0.500. The Morgan fingerprint density at radius 3 is 2.83 bits per heavy atom. The molecule has 1 aliphatic rings. The van der Waals surface area contributed by atoms with Crippen molar-refractivity contribution in [1.29, 1.82) is 0 Å². The van der Waals surface area contributed by atoms with Gasteiger partial charge < -0.3 is 10.1 Å². The minimum atomic E-state index is 0.181. The summed E-state index contributed by atoms with van der Waals surface area (Å²) in [7, 11) is 1.66. The Labute approximate surface area is 112 Å². The maximum atomic E-state index is 11.8. The summed E-state index contributed by atoms with van der Waals surface area (Å²) in [5.41, 5.74) is 1.22. The summed E-state index contributed by atoms with van der Waals surface area (Å²) in [6.45, 7) is 0.711. The van der Waals surface area contributed by atoms with Crippen molar-refractivity contribution in [3.8, 4) is 5.75 Å². The van der Waals surface area contributed by atoms with Crippen molar-refractivity contribution in [3.05, 3.63) is 29.8 Å². The largest absolute Gasteiger partial charge is 0.497 e. The van der Waals surface area contributed by atoms with Gasteiger partial charge in [-0.1, -0.05) is 12.1 Å². The predicted octanol–water partition coefficient (Wildman–Crippen LogP) is 2.25. The highest BCUT2D eigenvalue weighted by atomic mass is 32.2. The summed E-state index contributed by atoms with van der Waals surface area (Å²) < 4.78 is 5.11. The van der Waals surface area contributed by atoms with Gasteiger partial charge in [0, 0.05) is 6.54 Å². The quantitative estimate of drug-likeness (QED) is 0.887. The minimum Gasteiger partial charge on any atom is -0.497 e. The van der Waals surface area contributed by atoms with E-state index in [4.69, 9.17) is 4.74 Å². The van der Waals surface area contributed by atoms with Gasteiger partial charge in [0.15, 0.2) is 0 Å². The molecular formula is C14H19NO2S. The molecule has 1 amide bonds. The molecule has 1 heterocycles. The number of thioether (sulfide) groups is 1. The van der Waals surface area contributed by atoms with Crippen LogP contribution in [0.25, 0.3) is 0 Å². The Bertz CT molecular complexity index is 385. The fourth-order valence-electron chi connectivity index (χ4n) is 2.02. The molecular weight excluding hydrogens is 246 g/mol. The van der Waals surface area contributed by atoms with Crippen LogP contribution in [-0.2, 0) is 11.2 Å². The summed E-state index contributed by atoms with van der Waals surface area (Å²) in [6.07, 6.45) is 3.06. The zero-order valence-corrected chi connectivity index (χ0v) is 11.5. The van der Waals surface area contributed by atoms with Gasteiger partial charge in [-0.15, -0.1) is 11.8 Å². The molecule has 0 aliphatic carbocycles. The average molecular weight is 265 g/mol. The number of carbonyl (C=O) groups is 1. The van der Waals surface area contributed by atoms with Crippen LogP contribution in [0.5, 0.6) is 5.75 Å². The number of hydrogen-bond donors (Lipinski definition) is 1. The number of rotatable bonds is 5. The van der Waals surface area contributed by atoms with Crippen molar-refractivity contribution in [3.63, 3.8) is 0 Å². The molecule has 2 rings (SSSR count). The summed E-state index contributed by atoms with van der Waals surface area (Å²) in [5.74, 6) is 2.19. The number of methoxy groups -OCH3 is 1. The lowest BCUT2D eigenvalue weighted by Crippen LogP contribution is -2.32. The van der Waals surface area contributed by atoms with Gasteiger partial charge in [0.05, 0.1) is 12.4 Å². The molecule has 1 N–H and O–H groups in total. The van der Waals surface area contributed by atoms with Gasteiger partial charge in [-0.05, 0) is 42.7 Å². The summed E-state index contributed by atoms with van der Waals surface area (Å²) in [5, 5.41) is 3.19. The van der Waals surface area contributed by atoms with Gasteiger partial charge in [-0.3, -0.25) is 4.79 Å². The maximum Gasteiger partial charge on any atom is 0.233 e. The Kier molecular flexibility index (Phi) is 4.93. The van der Waals surface area contributed by atoms with E-state index in [9.17, 15) is 4.79 Å². The van der Waals surface area contributed by atoms with Crippen LogP contribution in [0.4, 0.5) is 0 Å². The van der Waals surface area contributed by atoms with Crippen molar-refractivity contribution in [2.75, 3.05) is 19.4 Å². The zero-order valence-electron chi connectivity index (χ0n) is 10.6. The molecule has 1 aromatic rings. The molecule has 1 unspecified atom stereocenters. The number of nitrogens with one attached hydrogen (secondary N) is 1. The van der Waals surface area contributed by atoms with Gasteiger partial charge in [0.1, 0.15) is 5.75 Å². The molecule has 1 saturated heterocycles. The standard InChI is InChI=1S/C14H19NO2S/c1-17-12-6-4-11(5-7-12)8-9-15-14(16)13-3-2-10-18-13/h4-7,13H,2-3,8-10H2,1H3,(H,15,16). The minimum absolute atomic E-state index is 0.181. The third-order valence-electron chi connectivity index (χ3n) is 3.09. The predicted molar refractivity (Wildman–Crippen MR) is 75.2 cm³/mol. The molecule has 4 heteroatoms. The number of ether oxygens (including phenoxy) is 1. The molecule has 3 nitrogen and oxygen atoms in total. The lowest BCUT2D eigenvalue weighted by Gasteiger charge is -2.10. The van der Waals surface area contributed by atoms with Crippen LogP contribution in [0, 0.1) is 0 Å². The third kappa shape index (κ3) is 3.67.